The van der Waals surface area contributed by atoms with Crippen LogP contribution in [0.1, 0.15) is 32.3 Å². The van der Waals surface area contributed by atoms with Gasteiger partial charge in [0, 0.05) is 11.8 Å². The van der Waals surface area contributed by atoms with Gasteiger partial charge in [0.05, 0.1) is 31.4 Å². The van der Waals surface area contributed by atoms with Crippen molar-refractivity contribution in [1.82, 2.24) is 0 Å². The number of rotatable bonds is 11. The molecule has 0 fully saturated rings. The van der Waals surface area contributed by atoms with E-state index in [2.05, 4.69) is 5.32 Å². The standard InChI is InChI=1S/C27H32N2O6S/c1-6-35-21-13-11-20(12-14-21)29(18-27(30)28-24-10-8-7-9-23(24)19(2)3)36(31,32)22-15-16-25(33-4)26(17-22)34-5/h7-17,19H,6,18H2,1-5H3,(H,28,30). The Kier molecular flexibility index (Phi) is 8.82. The van der Waals surface area contributed by atoms with Crippen molar-refractivity contribution in [2.45, 2.75) is 31.6 Å². The van der Waals surface area contributed by atoms with Gasteiger partial charge in [-0.05, 0) is 60.9 Å². The van der Waals surface area contributed by atoms with Gasteiger partial charge >= 0.3 is 0 Å². The van der Waals surface area contributed by atoms with Crippen LogP contribution in [0.25, 0.3) is 0 Å². The van der Waals surface area contributed by atoms with Gasteiger partial charge in [0.2, 0.25) is 5.91 Å². The molecule has 192 valence electrons. The summed E-state index contributed by atoms with van der Waals surface area (Å²) in [5, 5.41) is 2.87. The fourth-order valence-electron chi connectivity index (χ4n) is 3.73. The summed E-state index contributed by atoms with van der Waals surface area (Å²) < 4.78 is 44.7. The Balaban J connectivity index is 2.00. The third-order valence-corrected chi connectivity index (χ3v) is 7.29. The highest BCUT2D eigenvalue weighted by atomic mass is 32.2. The normalized spacial score (nSPS) is 11.2. The molecule has 1 amide bonds. The lowest BCUT2D eigenvalue weighted by Crippen LogP contribution is -2.38. The van der Waals surface area contributed by atoms with Crippen LogP contribution in [0.5, 0.6) is 17.2 Å². The molecule has 0 saturated heterocycles. The third-order valence-electron chi connectivity index (χ3n) is 5.52. The number of sulfonamides is 1. The molecule has 3 aromatic carbocycles. The number of nitrogens with one attached hydrogen (secondary N) is 1. The van der Waals surface area contributed by atoms with Crippen LogP contribution in [0.3, 0.4) is 0 Å². The van der Waals surface area contributed by atoms with E-state index in [1.807, 2.05) is 39.0 Å². The number of carbonyl (C=O) groups is 1. The Bertz CT molecular complexity index is 1290. The molecule has 0 unspecified atom stereocenters. The van der Waals surface area contributed by atoms with Crippen molar-refractivity contribution in [3.63, 3.8) is 0 Å². The average Bonchev–Trinajstić information content (AvgIpc) is 2.87. The predicted molar refractivity (Wildman–Crippen MR) is 141 cm³/mol. The summed E-state index contributed by atoms with van der Waals surface area (Å²) in [7, 11) is -1.26. The SMILES string of the molecule is CCOc1ccc(N(CC(=O)Nc2ccccc2C(C)C)S(=O)(=O)c2ccc(OC)c(OC)c2)cc1. The molecule has 3 aromatic rings. The van der Waals surface area contributed by atoms with Crippen LogP contribution in [0.4, 0.5) is 11.4 Å². The van der Waals surface area contributed by atoms with Gasteiger partial charge in [-0.2, -0.15) is 0 Å². The molecule has 0 bridgehead atoms. The molecule has 3 rings (SSSR count). The Morgan fingerprint density at radius 2 is 1.61 bits per heavy atom. The summed E-state index contributed by atoms with van der Waals surface area (Å²) in [6.45, 7) is 5.96. The van der Waals surface area contributed by atoms with Crippen molar-refractivity contribution in [3.8, 4) is 17.2 Å². The van der Waals surface area contributed by atoms with E-state index in [4.69, 9.17) is 14.2 Å². The molecule has 0 saturated carbocycles. The summed E-state index contributed by atoms with van der Waals surface area (Å²) in [5.74, 6) is 0.966. The number of hydrogen-bond donors (Lipinski definition) is 1. The second kappa shape index (κ2) is 11.8. The summed E-state index contributed by atoms with van der Waals surface area (Å²) >= 11 is 0. The van der Waals surface area contributed by atoms with E-state index in [1.165, 1.54) is 32.4 Å². The number of methoxy groups -OCH3 is 2. The van der Waals surface area contributed by atoms with Crippen molar-refractivity contribution in [3.05, 3.63) is 72.3 Å². The highest BCUT2D eigenvalue weighted by Gasteiger charge is 2.29. The maximum absolute atomic E-state index is 13.8. The van der Waals surface area contributed by atoms with Crippen molar-refractivity contribution in [2.24, 2.45) is 0 Å². The van der Waals surface area contributed by atoms with Crippen molar-refractivity contribution in [2.75, 3.05) is 37.0 Å². The first-order chi connectivity index (χ1) is 17.2. The van der Waals surface area contributed by atoms with Gasteiger partial charge in [0.1, 0.15) is 12.3 Å². The minimum atomic E-state index is -4.15. The van der Waals surface area contributed by atoms with Gasteiger partial charge in [0.25, 0.3) is 10.0 Å². The highest BCUT2D eigenvalue weighted by Crippen LogP contribution is 2.33. The zero-order valence-corrected chi connectivity index (χ0v) is 22.0. The van der Waals surface area contributed by atoms with E-state index < -0.39 is 22.5 Å². The minimum Gasteiger partial charge on any atom is -0.494 e. The molecule has 0 aliphatic rings. The second-order valence-corrected chi connectivity index (χ2v) is 10.1. The topological polar surface area (TPSA) is 94.2 Å². The van der Waals surface area contributed by atoms with Crippen molar-refractivity contribution < 1.29 is 27.4 Å². The molecule has 36 heavy (non-hydrogen) atoms. The zero-order chi connectivity index (χ0) is 26.3. The molecule has 0 spiro atoms. The quantitative estimate of drug-likeness (QED) is 0.386. The van der Waals surface area contributed by atoms with E-state index in [-0.39, 0.29) is 16.6 Å². The zero-order valence-electron chi connectivity index (χ0n) is 21.1. The first kappa shape index (κ1) is 26.9. The van der Waals surface area contributed by atoms with Crippen LogP contribution in [0.2, 0.25) is 0 Å². The molecule has 0 atom stereocenters. The highest BCUT2D eigenvalue weighted by molar-refractivity contribution is 7.92. The number of nitrogens with zero attached hydrogens (tertiary/aromatic N) is 1. The van der Waals surface area contributed by atoms with Crippen LogP contribution in [0.15, 0.2) is 71.6 Å². The molecule has 9 heteroatoms. The summed E-state index contributed by atoms with van der Waals surface area (Å²) in [4.78, 5) is 13.1. The number of ether oxygens (including phenoxy) is 3. The van der Waals surface area contributed by atoms with E-state index in [1.54, 1.807) is 30.3 Å². The number of para-hydroxylation sites is 1. The van der Waals surface area contributed by atoms with E-state index in [9.17, 15) is 13.2 Å². The summed E-state index contributed by atoms with van der Waals surface area (Å²) in [5.41, 5.74) is 1.93. The first-order valence-electron chi connectivity index (χ1n) is 11.6. The Morgan fingerprint density at radius 3 is 2.22 bits per heavy atom. The monoisotopic (exact) mass is 512 g/mol. The number of anilines is 2. The van der Waals surface area contributed by atoms with Crippen molar-refractivity contribution in [1.29, 1.82) is 0 Å². The molecule has 0 aliphatic heterocycles. The molecule has 0 radical (unpaired) electrons. The minimum absolute atomic E-state index is 0.0376. The largest absolute Gasteiger partial charge is 0.494 e. The van der Waals surface area contributed by atoms with E-state index in [0.29, 0.717) is 29.5 Å². The second-order valence-electron chi connectivity index (χ2n) is 8.25. The summed E-state index contributed by atoms with van der Waals surface area (Å²) in [6, 6.07) is 18.3. The van der Waals surface area contributed by atoms with E-state index in [0.717, 1.165) is 9.87 Å². The van der Waals surface area contributed by atoms with Crippen LogP contribution in [0, 0.1) is 0 Å². The lowest BCUT2D eigenvalue weighted by molar-refractivity contribution is -0.114. The van der Waals surface area contributed by atoms with Gasteiger partial charge in [-0.25, -0.2) is 8.42 Å². The van der Waals surface area contributed by atoms with E-state index >= 15 is 0 Å². The van der Waals surface area contributed by atoms with Crippen LogP contribution < -0.4 is 23.8 Å². The third kappa shape index (κ3) is 6.09. The number of carbonyl (C=O) groups excluding carboxylic acids is 1. The fraction of sp³-hybridized carbons (Fsp3) is 0.296. The van der Waals surface area contributed by atoms with Crippen LogP contribution in [-0.2, 0) is 14.8 Å². The smallest absolute Gasteiger partial charge is 0.264 e. The lowest BCUT2D eigenvalue weighted by atomic mass is 10.0. The van der Waals surface area contributed by atoms with Gasteiger partial charge < -0.3 is 19.5 Å². The molecular formula is C27H32N2O6S. The molecule has 8 nitrogen and oxygen atoms in total. The average molecular weight is 513 g/mol. The summed E-state index contributed by atoms with van der Waals surface area (Å²) in [6.07, 6.45) is 0. The number of hydrogen-bond acceptors (Lipinski definition) is 6. The first-order valence-corrected chi connectivity index (χ1v) is 13.0. The molecule has 1 N–H and O–H groups in total. The van der Waals surface area contributed by atoms with Gasteiger partial charge in [0.15, 0.2) is 11.5 Å². The maximum atomic E-state index is 13.8. The maximum Gasteiger partial charge on any atom is 0.264 e. The van der Waals surface area contributed by atoms with Crippen molar-refractivity contribution >= 4 is 27.3 Å². The lowest BCUT2D eigenvalue weighted by Gasteiger charge is -2.25. The molecule has 0 aromatic heterocycles. The molecule has 0 heterocycles. The van der Waals surface area contributed by atoms with Gasteiger partial charge in [-0.1, -0.05) is 32.0 Å². The fourth-order valence-corrected chi connectivity index (χ4v) is 5.17. The Hall–Kier alpha value is -3.72. The number of amides is 1. The number of benzene rings is 3. The molecular weight excluding hydrogens is 480 g/mol. The Morgan fingerprint density at radius 1 is 0.944 bits per heavy atom. The van der Waals surface area contributed by atoms with Crippen LogP contribution >= 0.6 is 0 Å². The van der Waals surface area contributed by atoms with Crippen LogP contribution in [-0.4, -0.2) is 41.7 Å². The Labute approximate surface area is 212 Å². The van der Waals surface area contributed by atoms with Gasteiger partial charge in [-0.3, -0.25) is 9.10 Å². The van der Waals surface area contributed by atoms with Gasteiger partial charge in [-0.15, -0.1) is 0 Å². The molecule has 0 aliphatic carbocycles. The predicted octanol–water partition coefficient (Wildman–Crippen LogP) is 5.06.